The minimum absolute atomic E-state index is 0.262. The van der Waals surface area contributed by atoms with E-state index in [-0.39, 0.29) is 12.6 Å². The van der Waals surface area contributed by atoms with Crippen LogP contribution in [0, 0.1) is 5.92 Å². The predicted octanol–water partition coefficient (Wildman–Crippen LogP) is 2.75. The number of rotatable bonds is 3. The smallest absolute Gasteiger partial charge is 0.307 e. The van der Waals surface area contributed by atoms with Crippen molar-refractivity contribution in [2.45, 2.75) is 37.1 Å². The first-order chi connectivity index (χ1) is 5.49. The molecule has 1 fully saturated rings. The van der Waals surface area contributed by atoms with Crippen molar-refractivity contribution < 1.29 is 8.78 Å². The van der Waals surface area contributed by atoms with Crippen LogP contribution in [0.2, 0.25) is 0 Å². The molecular weight excluding hydrogens is 228 g/mol. The molecule has 1 saturated carbocycles. The molecule has 1 rings (SSSR count). The fourth-order valence-corrected chi connectivity index (χ4v) is 1.86. The Hall–Kier alpha value is 0.300. The summed E-state index contributed by atoms with van der Waals surface area (Å²) in [5.41, 5.74) is 0. The average molecular weight is 242 g/mol. The normalized spacial score (nSPS) is 31.0. The molecule has 1 N–H and O–H groups in total. The molecule has 2 atom stereocenters. The van der Waals surface area contributed by atoms with Crippen molar-refractivity contribution in [2.75, 3.05) is 6.54 Å². The van der Waals surface area contributed by atoms with Crippen LogP contribution in [0.1, 0.15) is 26.2 Å². The van der Waals surface area contributed by atoms with Gasteiger partial charge < -0.3 is 5.32 Å². The fraction of sp³-hybridized carbons (Fsp3) is 1.00. The number of alkyl halides is 3. The molecule has 0 bridgehead atoms. The van der Waals surface area contributed by atoms with Crippen molar-refractivity contribution in [2.24, 2.45) is 5.92 Å². The highest BCUT2D eigenvalue weighted by Gasteiger charge is 2.28. The number of halogens is 3. The molecule has 72 valence electrons. The lowest BCUT2D eigenvalue weighted by molar-refractivity contribution is 0.107. The number of nitrogens with one attached hydrogen (secondary N) is 1. The van der Waals surface area contributed by atoms with Crippen molar-refractivity contribution in [3.05, 3.63) is 0 Å². The molecule has 0 radical (unpaired) electrons. The molecule has 0 amide bonds. The highest BCUT2D eigenvalue weighted by molar-refractivity contribution is 9.10. The maximum Gasteiger partial charge on any atom is 0.313 e. The van der Waals surface area contributed by atoms with Gasteiger partial charge in [0, 0.05) is 6.04 Å². The van der Waals surface area contributed by atoms with Crippen molar-refractivity contribution in [1.82, 2.24) is 5.32 Å². The van der Waals surface area contributed by atoms with Crippen LogP contribution in [-0.2, 0) is 0 Å². The van der Waals surface area contributed by atoms with E-state index in [9.17, 15) is 8.78 Å². The minimum Gasteiger partial charge on any atom is -0.307 e. The summed E-state index contributed by atoms with van der Waals surface area (Å²) in [4.78, 5) is -2.75. The molecule has 12 heavy (non-hydrogen) atoms. The van der Waals surface area contributed by atoms with Gasteiger partial charge in [-0.05, 0) is 34.7 Å². The Morgan fingerprint density at radius 2 is 2.17 bits per heavy atom. The lowest BCUT2D eigenvalue weighted by atomic mass is 10.1. The lowest BCUT2D eigenvalue weighted by Gasteiger charge is -2.19. The quantitative estimate of drug-likeness (QED) is 0.750. The van der Waals surface area contributed by atoms with Gasteiger partial charge in [-0.1, -0.05) is 13.3 Å². The van der Waals surface area contributed by atoms with Gasteiger partial charge >= 0.3 is 4.83 Å². The summed E-state index contributed by atoms with van der Waals surface area (Å²) in [5.74, 6) is 0.542. The van der Waals surface area contributed by atoms with Gasteiger partial charge in [-0.3, -0.25) is 0 Å². The molecule has 0 spiro atoms. The Morgan fingerprint density at radius 3 is 2.58 bits per heavy atom. The van der Waals surface area contributed by atoms with Crippen molar-refractivity contribution >= 4 is 15.9 Å². The molecule has 4 heteroatoms. The Morgan fingerprint density at radius 1 is 1.50 bits per heavy atom. The van der Waals surface area contributed by atoms with E-state index in [0.29, 0.717) is 5.92 Å². The fourth-order valence-electron chi connectivity index (χ4n) is 1.70. The summed E-state index contributed by atoms with van der Waals surface area (Å²) in [7, 11) is 0. The Labute approximate surface area is 80.0 Å². The Kier molecular flexibility index (Phi) is 3.47. The summed E-state index contributed by atoms with van der Waals surface area (Å²) in [6, 6.07) is 0.286. The van der Waals surface area contributed by atoms with E-state index < -0.39 is 4.83 Å². The zero-order chi connectivity index (χ0) is 9.19. The molecule has 0 aromatic heterocycles. The maximum absolute atomic E-state index is 12.4. The molecule has 1 aliphatic carbocycles. The SMILES string of the molecule is CC1CCCC1NCC(F)(F)Br. The first-order valence-corrected chi connectivity index (χ1v) is 5.08. The number of hydrogen-bond acceptors (Lipinski definition) is 1. The van der Waals surface area contributed by atoms with E-state index >= 15 is 0 Å². The topological polar surface area (TPSA) is 12.0 Å². The van der Waals surface area contributed by atoms with Gasteiger partial charge in [0.25, 0.3) is 0 Å². The average Bonchev–Trinajstić information content (AvgIpc) is 2.29. The molecule has 0 heterocycles. The van der Waals surface area contributed by atoms with Crippen LogP contribution in [0.3, 0.4) is 0 Å². The summed E-state index contributed by atoms with van der Waals surface area (Å²) >= 11 is 2.31. The molecular formula is C8H14BrF2N. The van der Waals surface area contributed by atoms with Crippen LogP contribution in [-0.4, -0.2) is 17.4 Å². The lowest BCUT2D eigenvalue weighted by Crippen LogP contribution is -2.37. The second kappa shape index (κ2) is 4.01. The van der Waals surface area contributed by atoms with Crippen LogP contribution < -0.4 is 5.32 Å². The van der Waals surface area contributed by atoms with Crippen molar-refractivity contribution in [3.63, 3.8) is 0 Å². The van der Waals surface area contributed by atoms with Gasteiger partial charge in [0.05, 0.1) is 6.54 Å². The van der Waals surface area contributed by atoms with Gasteiger partial charge in [0.1, 0.15) is 0 Å². The van der Waals surface area contributed by atoms with Crippen LogP contribution in [0.15, 0.2) is 0 Å². The summed E-state index contributed by atoms with van der Waals surface area (Å²) in [6.07, 6.45) is 3.35. The van der Waals surface area contributed by atoms with E-state index in [4.69, 9.17) is 0 Å². The van der Waals surface area contributed by atoms with E-state index in [2.05, 4.69) is 28.2 Å². The molecule has 0 aromatic rings. The summed E-state index contributed by atoms with van der Waals surface area (Å²) < 4.78 is 24.7. The molecule has 2 unspecified atom stereocenters. The minimum atomic E-state index is -2.75. The van der Waals surface area contributed by atoms with Crippen LogP contribution in [0.4, 0.5) is 8.78 Å². The zero-order valence-electron chi connectivity index (χ0n) is 7.12. The van der Waals surface area contributed by atoms with Gasteiger partial charge in [-0.25, -0.2) is 0 Å². The highest BCUT2D eigenvalue weighted by Crippen LogP contribution is 2.26. The highest BCUT2D eigenvalue weighted by atomic mass is 79.9. The standard InChI is InChI=1S/C8H14BrF2N/c1-6-3-2-4-7(6)12-5-8(9,10)11/h6-7,12H,2-5H2,1H3. The third-order valence-corrected chi connectivity index (χ3v) is 2.71. The monoisotopic (exact) mass is 241 g/mol. The maximum atomic E-state index is 12.4. The van der Waals surface area contributed by atoms with Crippen LogP contribution in [0.5, 0.6) is 0 Å². The molecule has 1 aliphatic rings. The van der Waals surface area contributed by atoms with Gasteiger partial charge in [0.2, 0.25) is 0 Å². The first-order valence-electron chi connectivity index (χ1n) is 4.29. The van der Waals surface area contributed by atoms with Crippen molar-refractivity contribution in [3.8, 4) is 0 Å². The molecule has 0 aliphatic heterocycles. The van der Waals surface area contributed by atoms with E-state index in [0.717, 1.165) is 19.3 Å². The van der Waals surface area contributed by atoms with Crippen LogP contribution >= 0.6 is 15.9 Å². The van der Waals surface area contributed by atoms with E-state index in [1.807, 2.05) is 0 Å². The summed E-state index contributed by atoms with van der Waals surface area (Å²) in [5, 5.41) is 2.87. The van der Waals surface area contributed by atoms with Gasteiger partial charge in [-0.15, -0.1) is 0 Å². The number of hydrogen-bond donors (Lipinski definition) is 1. The predicted molar refractivity (Wildman–Crippen MR) is 48.7 cm³/mol. The van der Waals surface area contributed by atoms with E-state index in [1.54, 1.807) is 0 Å². The van der Waals surface area contributed by atoms with Gasteiger partial charge in [-0.2, -0.15) is 8.78 Å². The molecule has 0 saturated heterocycles. The van der Waals surface area contributed by atoms with Crippen molar-refractivity contribution in [1.29, 1.82) is 0 Å². The molecule has 0 aromatic carbocycles. The molecule has 1 nitrogen and oxygen atoms in total. The first kappa shape index (κ1) is 10.4. The van der Waals surface area contributed by atoms with Gasteiger partial charge in [0.15, 0.2) is 0 Å². The van der Waals surface area contributed by atoms with E-state index in [1.165, 1.54) is 0 Å². The largest absolute Gasteiger partial charge is 0.313 e. The van der Waals surface area contributed by atoms with Crippen LogP contribution in [0.25, 0.3) is 0 Å². The third-order valence-electron chi connectivity index (χ3n) is 2.43. The second-order valence-corrected chi connectivity index (χ2v) is 4.67. The third kappa shape index (κ3) is 3.35. The Bertz CT molecular complexity index is 146. The summed E-state index contributed by atoms with van der Waals surface area (Å²) in [6.45, 7) is 1.85. The second-order valence-electron chi connectivity index (χ2n) is 3.51. The Balaban J connectivity index is 2.23. The zero-order valence-corrected chi connectivity index (χ0v) is 8.70.